The zero-order valence-electron chi connectivity index (χ0n) is 16.6. The van der Waals surface area contributed by atoms with E-state index in [1.54, 1.807) is 24.3 Å². The van der Waals surface area contributed by atoms with Gasteiger partial charge < -0.3 is 21.3 Å². The number of nitrogen functional groups attached to an aromatic ring is 1. The average Bonchev–Trinajstić information content (AvgIpc) is 2.79. The van der Waals surface area contributed by atoms with E-state index in [0.717, 1.165) is 5.56 Å². The SMILES string of the molecule is COc1ccc(-c2nc(-c3ccccc3)nc(-c3ccc(C(N)=O)cc3N)n2)c(O)c1. The Hall–Kier alpha value is -4.46. The van der Waals surface area contributed by atoms with Gasteiger partial charge in [0.25, 0.3) is 0 Å². The predicted molar refractivity (Wildman–Crippen MR) is 117 cm³/mol. The molecule has 0 fully saturated rings. The molecule has 5 N–H and O–H groups in total. The van der Waals surface area contributed by atoms with E-state index in [0.29, 0.717) is 34.2 Å². The fraction of sp³-hybridized carbons (Fsp3) is 0.0435. The number of methoxy groups -OCH3 is 1. The highest BCUT2D eigenvalue weighted by Gasteiger charge is 2.17. The third kappa shape index (κ3) is 3.99. The Bertz CT molecular complexity index is 1280. The van der Waals surface area contributed by atoms with Gasteiger partial charge in [0.1, 0.15) is 11.5 Å². The van der Waals surface area contributed by atoms with E-state index in [-0.39, 0.29) is 17.1 Å². The molecule has 1 heterocycles. The third-order valence-corrected chi connectivity index (χ3v) is 4.69. The minimum Gasteiger partial charge on any atom is -0.507 e. The van der Waals surface area contributed by atoms with E-state index in [1.165, 1.54) is 19.2 Å². The van der Waals surface area contributed by atoms with Gasteiger partial charge in [-0.1, -0.05) is 30.3 Å². The molecule has 4 aromatic rings. The van der Waals surface area contributed by atoms with E-state index < -0.39 is 5.91 Å². The fourth-order valence-corrected chi connectivity index (χ4v) is 3.08. The van der Waals surface area contributed by atoms with Gasteiger partial charge in [-0.3, -0.25) is 4.79 Å². The number of benzene rings is 3. The summed E-state index contributed by atoms with van der Waals surface area (Å²) in [6, 6.07) is 18.9. The summed E-state index contributed by atoms with van der Waals surface area (Å²) in [5.74, 6) is 0.865. The highest BCUT2D eigenvalue weighted by Crippen LogP contribution is 2.33. The first-order valence-corrected chi connectivity index (χ1v) is 9.35. The molecule has 8 heteroatoms. The van der Waals surface area contributed by atoms with Crippen LogP contribution in [0, 0.1) is 0 Å². The maximum Gasteiger partial charge on any atom is 0.248 e. The van der Waals surface area contributed by atoms with Gasteiger partial charge in [0.05, 0.1) is 12.7 Å². The number of aromatic nitrogens is 3. The Balaban J connectivity index is 1.92. The number of rotatable bonds is 5. The summed E-state index contributed by atoms with van der Waals surface area (Å²) < 4.78 is 5.15. The van der Waals surface area contributed by atoms with Crippen LogP contribution < -0.4 is 16.2 Å². The molecular formula is C23H19N5O3. The maximum atomic E-state index is 11.5. The fourth-order valence-electron chi connectivity index (χ4n) is 3.08. The lowest BCUT2D eigenvalue weighted by Crippen LogP contribution is -2.11. The van der Waals surface area contributed by atoms with Crippen LogP contribution in [0.5, 0.6) is 11.5 Å². The van der Waals surface area contributed by atoms with Crippen LogP contribution in [0.1, 0.15) is 10.4 Å². The van der Waals surface area contributed by atoms with Crippen molar-refractivity contribution in [3.05, 3.63) is 72.3 Å². The molecule has 3 aromatic carbocycles. The zero-order valence-corrected chi connectivity index (χ0v) is 16.6. The molecule has 0 unspecified atom stereocenters. The largest absolute Gasteiger partial charge is 0.507 e. The molecule has 0 aliphatic heterocycles. The van der Waals surface area contributed by atoms with E-state index in [4.69, 9.17) is 16.2 Å². The molecule has 4 rings (SSSR count). The van der Waals surface area contributed by atoms with Gasteiger partial charge >= 0.3 is 0 Å². The second-order valence-electron chi connectivity index (χ2n) is 6.72. The molecule has 0 saturated carbocycles. The number of primary amides is 1. The van der Waals surface area contributed by atoms with Crippen LogP contribution in [-0.4, -0.2) is 33.1 Å². The number of phenolic OH excluding ortho intramolecular Hbond substituents is 1. The Morgan fingerprint density at radius 3 is 2.13 bits per heavy atom. The van der Waals surface area contributed by atoms with Crippen molar-refractivity contribution in [3.63, 3.8) is 0 Å². The monoisotopic (exact) mass is 413 g/mol. The molecule has 154 valence electrons. The minimum absolute atomic E-state index is 0.0347. The van der Waals surface area contributed by atoms with Gasteiger partial charge in [-0.05, 0) is 30.3 Å². The van der Waals surface area contributed by atoms with Gasteiger partial charge in [-0.15, -0.1) is 0 Å². The van der Waals surface area contributed by atoms with E-state index in [9.17, 15) is 9.90 Å². The Morgan fingerprint density at radius 2 is 1.52 bits per heavy atom. The number of phenols is 1. The lowest BCUT2D eigenvalue weighted by atomic mass is 10.1. The van der Waals surface area contributed by atoms with Gasteiger partial charge in [0.15, 0.2) is 17.5 Å². The summed E-state index contributed by atoms with van der Waals surface area (Å²) in [5, 5.41) is 10.5. The summed E-state index contributed by atoms with van der Waals surface area (Å²) in [5.41, 5.74) is 13.8. The van der Waals surface area contributed by atoms with Crippen LogP contribution in [0.4, 0.5) is 5.69 Å². The Kier molecular flexibility index (Phi) is 5.19. The van der Waals surface area contributed by atoms with Crippen molar-refractivity contribution >= 4 is 11.6 Å². The molecule has 31 heavy (non-hydrogen) atoms. The predicted octanol–water partition coefficient (Wildman–Crippen LogP) is 3.27. The average molecular weight is 413 g/mol. The van der Waals surface area contributed by atoms with Crippen LogP contribution in [0.25, 0.3) is 34.2 Å². The second kappa shape index (κ2) is 8.11. The molecule has 0 atom stereocenters. The highest BCUT2D eigenvalue weighted by molar-refractivity contribution is 5.95. The quantitative estimate of drug-likeness (QED) is 0.427. The summed E-state index contributed by atoms with van der Waals surface area (Å²) in [6.45, 7) is 0. The molecule has 0 radical (unpaired) electrons. The molecule has 0 spiro atoms. The molecule has 0 bridgehead atoms. The summed E-state index contributed by atoms with van der Waals surface area (Å²) in [4.78, 5) is 25.1. The minimum atomic E-state index is -0.581. The number of aromatic hydroxyl groups is 1. The Labute approximate surface area is 178 Å². The molecular weight excluding hydrogens is 394 g/mol. The number of nitrogens with zero attached hydrogens (tertiary/aromatic N) is 3. The standard InChI is InChI=1S/C23H19N5O3/c1-31-15-8-10-17(19(29)12-15)23-27-21(13-5-3-2-4-6-13)26-22(28-23)16-9-7-14(20(25)30)11-18(16)24/h2-12,29H,24H2,1H3,(H2,25,30). The topological polar surface area (TPSA) is 137 Å². The number of hydrogen-bond acceptors (Lipinski definition) is 7. The number of carbonyl (C=O) groups excluding carboxylic acids is 1. The number of anilines is 1. The summed E-state index contributed by atoms with van der Waals surface area (Å²) >= 11 is 0. The van der Waals surface area contributed by atoms with Crippen LogP contribution in [0.2, 0.25) is 0 Å². The summed E-state index contributed by atoms with van der Waals surface area (Å²) in [7, 11) is 1.52. The molecule has 1 aromatic heterocycles. The first kappa shape index (κ1) is 19.8. The van der Waals surface area contributed by atoms with Crippen molar-refractivity contribution in [2.75, 3.05) is 12.8 Å². The van der Waals surface area contributed by atoms with Gasteiger partial charge in [-0.25, -0.2) is 15.0 Å². The lowest BCUT2D eigenvalue weighted by molar-refractivity contribution is 0.100. The summed E-state index contributed by atoms with van der Waals surface area (Å²) in [6.07, 6.45) is 0. The highest BCUT2D eigenvalue weighted by atomic mass is 16.5. The van der Waals surface area contributed by atoms with Crippen molar-refractivity contribution < 1.29 is 14.6 Å². The van der Waals surface area contributed by atoms with Crippen molar-refractivity contribution in [1.82, 2.24) is 15.0 Å². The van der Waals surface area contributed by atoms with Gasteiger partial charge in [-0.2, -0.15) is 0 Å². The number of nitrogens with two attached hydrogens (primary N) is 2. The molecule has 0 aliphatic carbocycles. The number of hydrogen-bond donors (Lipinski definition) is 3. The maximum absolute atomic E-state index is 11.5. The normalized spacial score (nSPS) is 10.6. The van der Waals surface area contributed by atoms with Crippen LogP contribution in [0.3, 0.4) is 0 Å². The zero-order chi connectivity index (χ0) is 22.0. The number of carbonyl (C=O) groups is 1. The number of amides is 1. The first-order chi connectivity index (χ1) is 15.0. The lowest BCUT2D eigenvalue weighted by Gasteiger charge is -2.11. The van der Waals surface area contributed by atoms with Crippen LogP contribution >= 0.6 is 0 Å². The molecule has 8 nitrogen and oxygen atoms in total. The Morgan fingerprint density at radius 1 is 0.871 bits per heavy atom. The smallest absolute Gasteiger partial charge is 0.248 e. The molecule has 0 saturated heterocycles. The van der Waals surface area contributed by atoms with Crippen LogP contribution in [0.15, 0.2) is 66.7 Å². The number of ether oxygens (including phenoxy) is 1. The van der Waals surface area contributed by atoms with E-state index >= 15 is 0 Å². The molecule has 0 aliphatic rings. The first-order valence-electron chi connectivity index (χ1n) is 9.35. The van der Waals surface area contributed by atoms with Crippen molar-refractivity contribution in [1.29, 1.82) is 0 Å². The van der Waals surface area contributed by atoms with E-state index in [1.807, 2.05) is 30.3 Å². The second-order valence-corrected chi connectivity index (χ2v) is 6.72. The van der Waals surface area contributed by atoms with Crippen molar-refractivity contribution in [2.24, 2.45) is 5.73 Å². The van der Waals surface area contributed by atoms with Gasteiger partial charge in [0, 0.05) is 28.4 Å². The van der Waals surface area contributed by atoms with Gasteiger partial charge in [0.2, 0.25) is 5.91 Å². The third-order valence-electron chi connectivity index (χ3n) is 4.69. The van der Waals surface area contributed by atoms with Crippen LogP contribution in [-0.2, 0) is 0 Å². The molecule has 1 amide bonds. The van der Waals surface area contributed by atoms with E-state index in [2.05, 4.69) is 15.0 Å². The van der Waals surface area contributed by atoms with Crippen molar-refractivity contribution in [3.8, 4) is 45.7 Å². The van der Waals surface area contributed by atoms with Crippen molar-refractivity contribution in [2.45, 2.75) is 0 Å².